The van der Waals surface area contributed by atoms with Gasteiger partial charge >= 0.3 is 0 Å². The van der Waals surface area contributed by atoms with Gasteiger partial charge in [0, 0.05) is 17.1 Å². The molecule has 5 nitrogen and oxygen atoms in total. The van der Waals surface area contributed by atoms with Gasteiger partial charge in [-0.3, -0.25) is 19.3 Å². The molecule has 2 bridgehead atoms. The average molecular weight is 423 g/mol. The molecule has 0 unspecified atom stereocenters. The molecule has 2 aromatic carbocycles. The van der Waals surface area contributed by atoms with Crippen molar-refractivity contribution >= 4 is 35.0 Å². The number of amides is 3. The summed E-state index contributed by atoms with van der Waals surface area (Å²) in [7, 11) is 0. The van der Waals surface area contributed by atoms with E-state index in [1.807, 2.05) is 30.3 Å². The lowest BCUT2D eigenvalue weighted by molar-refractivity contribution is -0.147. The summed E-state index contributed by atoms with van der Waals surface area (Å²) in [5.41, 5.74) is 1.45. The zero-order valence-corrected chi connectivity index (χ0v) is 17.2. The average Bonchev–Trinajstić information content (AvgIpc) is 3.41. The van der Waals surface area contributed by atoms with E-state index in [1.54, 1.807) is 24.3 Å². The summed E-state index contributed by atoms with van der Waals surface area (Å²) < 4.78 is 0. The number of benzene rings is 2. The predicted octanol–water partition coefficient (Wildman–Crippen LogP) is 3.92. The van der Waals surface area contributed by atoms with E-state index in [-0.39, 0.29) is 41.4 Å². The number of fused-ring (bicyclic) bond motifs is 5. The number of rotatable bonds is 5. The van der Waals surface area contributed by atoms with Gasteiger partial charge in [0.05, 0.1) is 11.8 Å². The molecule has 3 aliphatic rings. The maximum atomic E-state index is 13.3. The van der Waals surface area contributed by atoms with Crippen molar-refractivity contribution < 1.29 is 14.4 Å². The van der Waals surface area contributed by atoms with Gasteiger partial charge in [-0.05, 0) is 54.9 Å². The molecule has 6 heteroatoms. The predicted molar refractivity (Wildman–Crippen MR) is 114 cm³/mol. The SMILES string of the molecule is O=C(Nc1cccc(Cl)c1)[C@H](Cc1ccccc1)N1C(=O)[C@@H]2[C@H]3CC[C@@H](C3)[C@@H]2C1=O. The highest BCUT2D eigenvalue weighted by Gasteiger charge is 2.62. The highest BCUT2D eigenvalue weighted by Crippen LogP contribution is 2.56. The van der Waals surface area contributed by atoms with Crippen LogP contribution in [-0.4, -0.2) is 28.7 Å². The Hall–Kier alpha value is -2.66. The molecule has 5 rings (SSSR count). The van der Waals surface area contributed by atoms with Crippen LogP contribution in [0.15, 0.2) is 54.6 Å². The topological polar surface area (TPSA) is 66.5 Å². The zero-order valence-electron chi connectivity index (χ0n) is 16.5. The molecule has 1 heterocycles. The van der Waals surface area contributed by atoms with Crippen LogP contribution in [0.25, 0.3) is 0 Å². The Kier molecular flexibility index (Phi) is 4.86. The molecule has 30 heavy (non-hydrogen) atoms. The number of nitrogens with zero attached hydrogens (tertiary/aromatic N) is 1. The first-order chi connectivity index (χ1) is 14.5. The smallest absolute Gasteiger partial charge is 0.248 e. The second-order valence-electron chi connectivity index (χ2n) is 8.64. The molecule has 2 aromatic rings. The molecule has 2 saturated carbocycles. The number of carbonyl (C=O) groups is 3. The Balaban J connectivity index is 1.46. The third-order valence-corrected chi connectivity index (χ3v) is 7.18. The minimum absolute atomic E-state index is 0.167. The van der Waals surface area contributed by atoms with Gasteiger partial charge in [-0.15, -0.1) is 0 Å². The second-order valence-corrected chi connectivity index (χ2v) is 9.07. The van der Waals surface area contributed by atoms with E-state index < -0.39 is 6.04 Å². The molecule has 1 N–H and O–H groups in total. The van der Waals surface area contributed by atoms with Crippen molar-refractivity contribution in [1.82, 2.24) is 4.90 Å². The van der Waals surface area contributed by atoms with Crippen LogP contribution in [0, 0.1) is 23.7 Å². The van der Waals surface area contributed by atoms with Gasteiger partial charge in [-0.1, -0.05) is 48.0 Å². The third-order valence-electron chi connectivity index (χ3n) is 6.94. The van der Waals surface area contributed by atoms with E-state index in [1.165, 1.54) is 4.90 Å². The highest BCUT2D eigenvalue weighted by molar-refractivity contribution is 6.30. The van der Waals surface area contributed by atoms with E-state index in [4.69, 9.17) is 11.6 Å². The molecule has 1 saturated heterocycles. The fraction of sp³-hybridized carbons (Fsp3) is 0.375. The lowest BCUT2D eigenvalue weighted by Crippen LogP contribution is -2.49. The van der Waals surface area contributed by atoms with Gasteiger partial charge in [-0.2, -0.15) is 0 Å². The number of nitrogens with one attached hydrogen (secondary N) is 1. The van der Waals surface area contributed by atoms with E-state index in [9.17, 15) is 14.4 Å². The minimum Gasteiger partial charge on any atom is -0.324 e. The van der Waals surface area contributed by atoms with Crippen LogP contribution >= 0.6 is 11.6 Å². The van der Waals surface area contributed by atoms with Gasteiger partial charge in [0.1, 0.15) is 6.04 Å². The lowest BCUT2D eigenvalue weighted by Gasteiger charge is -2.27. The quantitative estimate of drug-likeness (QED) is 0.742. The molecule has 0 aromatic heterocycles. The number of likely N-dealkylation sites (tertiary alicyclic amines) is 1. The molecular formula is C24H23ClN2O3. The number of imide groups is 1. The summed E-state index contributed by atoms with van der Waals surface area (Å²) in [6.07, 6.45) is 3.28. The summed E-state index contributed by atoms with van der Waals surface area (Å²) in [5.74, 6) is -0.611. The van der Waals surface area contributed by atoms with Gasteiger partial charge in [-0.25, -0.2) is 0 Å². The van der Waals surface area contributed by atoms with Crippen LogP contribution in [0.3, 0.4) is 0 Å². The maximum Gasteiger partial charge on any atom is 0.248 e. The van der Waals surface area contributed by atoms with Crippen molar-refractivity contribution in [1.29, 1.82) is 0 Å². The van der Waals surface area contributed by atoms with Crippen LogP contribution in [0.2, 0.25) is 5.02 Å². The Morgan fingerprint density at radius 2 is 1.67 bits per heavy atom. The number of hydrogen-bond donors (Lipinski definition) is 1. The first kappa shape index (κ1) is 19.3. The molecule has 154 valence electrons. The Morgan fingerprint density at radius 3 is 2.30 bits per heavy atom. The summed E-state index contributed by atoms with van der Waals surface area (Å²) >= 11 is 6.04. The first-order valence-corrected chi connectivity index (χ1v) is 10.9. The molecule has 2 aliphatic carbocycles. The minimum atomic E-state index is -0.878. The molecule has 0 radical (unpaired) electrons. The molecular weight excluding hydrogens is 400 g/mol. The number of halogens is 1. The van der Waals surface area contributed by atoms with E-state index in [0.717, 1.165) is 24.8 Å². The Labute approximate surface area is 180 Å². The first-order valence-electron chi connectivity index (χ1n) is 10.5. The normalized spacial score (nSPS) is 28.0. The van der Waals surface area contributed by atoms with E-state index in [0.29, 0.717) is 17.1 Å². The van der Waals surface area contributed by atoms with Gasteiger partial charge in [0.15, 0.2) is 0 Å². The molecule has 5 atom stereocenters. The fourth-order valence-corrected chi connectivity index (χ4v) is 5.86. The standard InChI is InChI=1S/C24H23ClN2O3/c25-17-7-4-8-18(13-17)26-22(28)19(11-14-5-2-1-3-6-14)27-23(29)20-15-9-10-16(12-15)21(20)24(27)30/h1-8,13,15-16,19-21H,9-12H2,(H,26,28)/t15-,16-,19-,20-,21+/m0/s1. The largest absolute Gasteiger partial charge is 0.324 e. The van der Waals surface area contributed by atoms with Crippen LogP contribution in [-0.2, 0) is 20.8 Å². The van der Waals surface area contributed by atoms with Crippen molar-refractivity contribution in [3.8, 4) is 0 Å². The summed E-state index contributed by atoms with van der Waals surface area (Å²) in [4.78, 5) is 41.2. The van der Waals surface area contributed by atoms with Crippen LogP contribution in [0.1, 0.15) is 24.8 Å². The monoisotopic (exact) mass is 422 g/mol. The van der Waals surface area contributed by atoms with E-state index >= 15 is 0 Å². The maximum absolute atomic E-state index is 13.3. The van der Waals surface area contributed by atoms with Crippen LogP contribution in [0.5, 0.6) is 0 Å². The summed E-state index contributed by atoms with van der Waals surface area (Å²) in [6, 6.07) is 15.5. The molecule has 1 aliphatic heterocycles. The van der Waals surface area contributed by atoms with Crippen LogP contribution < -0.4 is 5.32 Å². The van der Waals surface area contributed by atoms with Crippen molar-refractivity contribution in [3.63, 3.8) is 0 Å². The van der Waals surface area contributed by atoms with Gasteiger partial charge in [0.25, 0.3) is 0 Å². The molecule has 3 fully saturated rings. The van der Waals surface area contributed by atoms with Gasteiger partial charge < -0.3 is 5.32 Å². The zero-order chi connectivity index (χ0) is 20.8. The Morgan fingerprint density at radius 1 is 1.00 bits per heavy atom. The van der Waals surface area contributed by atoms with Gasteiger partial charge in [0.2, 0.25) is 17.7 Å². The van der Waals surface area contributed by atoms with Crippen molar-refractivity contribution in [2.24, 2.45) is 23.7 Å². The summed E-state index contributed by atoms with van der Waals surface area (Å²) in [6.45, 7) is 0. The third kappa shape index (κ3) is 3.21. The van der Waals surface area contributed by atoms with Crippen molar-refractivity contribution in [2.45, 2.75) is 31.7 Å². The fourth-order valence-electron chi connectivity index (χ4n) is 5.67. The molecule has 3 amide bonds. The van der Waals surface area contributed by atoms with Crippen molar-refractivity contribution in [3.05, 3.63) is 65.2 Å². The number of carbonyl (C=O) groups excluding carboxylic acids is 3. The van der Waals surface area contributed by atoms with Crippen LogP contribution in [0.4, 0.5) is 5.69 Å². The second kappa shape index (κ2) is 7.55. The Bertz CT molecular complexity index is 981. The lowest BCUT2D eigenvalue weighted by atomic mass is 9.81. The highest BCUT2D eigenvalue weighted by atomic mass is 35.5. The van der Waals surface area contributed by atoms with E-state index in [2.05, 4.69) is 5.32 Å². The summed E-state index contributed by atoms with van der Waals surface area (Å²) in [5, 5.41) is 3.36. The molecule has 0 spiro atoms. The van der Waals surface area contributed by atoms with Crippen molar-refractivity contribution in [2.75, 3.05) is 5.32 Å². The number of anilines is 1. The number of hydrogen-bond acceptors (Lipinski definition) is 3.